The van der Waals surface area contributed by atoms with E-state index in [0.29, 0.717) is 24.6 Å². The molecule has 1 atom stereocenters. The Morgan fingerprint density at radius 3 is 2.76 bits per heavy atom. The van der Waals surface area contributed by atoms with Gasteiger partial charge >= 0.3 is 6.01 Å². The molecule has 2 rings (SSSR count). The van der Waals surface area contributed by atoms with Crippen molar-refractivity contribution in [2.75, 3.05) is 29.9 Å². The highest BCUT2D eigenvalue weighted by molar-refractivity contribution is 5.39. The lowest BCUT2D eigenvalue weighted by atomic mass is 10.0. The van der Waals surface area contributed by atoms with Crippen molar-refractivity contribution in [2.24, 2.45) is 0 Å². The molecular formula is C15H27N5O. The van der Waals surface area contributed by atoms with Gasteiger partial charge in [-0.15, -0.1) is 0 Å². The second kappa shape index (κ2) is 8.00. The smallest absolute Gasteiger partial charge is 0.323 e. The molecule has 0 radical (unpaired) electrons. The van der Waals surface area contributed by atoms with Gasteiger partial charge in [0.1, 0.15) is 0 Å². The summed E-state index contributed by atoms with van der Waals surface area (Å²) in [6.07, 6.45) is 5.76. The molecule has 1 aliphatic heterocycles. The molecule has 118 valence electrons. The maximum absolute atomic E-state index is 5.61. The molecule has 1 fully saturated rings. The molecule has 0 spiro atoms. The zero-order valence-electron chi connectivity index (χ0n) is 13.4. The summed E-state index contributed by atoms with van der Waals surface area (Å²) < 4.78 is 5.61. The Kier molecular flexibility index (Phi) is 6.02. The van der Waals surface area contributed by atoms with Crippen LogP contribution in [0.3, 0.4) is 0 Å². The molecule has 1 N–H and O–H groups in total. The average molecular weight is 293 g/mol. The lowest BCUT2D eigenvalue weighted by Gasteiger charge is -2.35. The number of hydrogen-bond donors (Lipinski definition) is 1. The van der Waals surface area contributed by atoms with Crippen molar-refractivity contribution in [3.05, 3.63) is 0 Å². The highest BCUT2D eigenvalue weighted by atomic mass is 16.5. The van der Waals surface area contributed by atoms with Crippen LogP contribution in [0.1, 0.15) is 52.9 Å². The molecule has 1 unspecified atom stereocenters. The van der Waals surface area contributed by atoms with Crippen LogP contribution < -0.4 is 15.0 Å². The molecule has 1 aromatic rings. The number of nitrogens with zero attached hydrogens (tertiary/aromatic N) is 4. The number of rotatable bonds is 7. The summed E-state index contributed by atoms with van der Waals surface area (Å²) in [6.45, 7) is 8.77. The quantitative estimate of drug-likeness (QED) is 0.834. The number of ether oxygens (including phenoxy) is 1. The Bertz CT molecular complexity index is 440. The Balaban J connectivity index is 2.24. The average Bonchev–Trinajstić information content (AvgIpc) is 2.53. The van der Waals surface area contributed by atoms with Gasteiger partial charge in [-0.2, -0.15) is 15.0 Å². The minimum Gasteiger partial charge on any atom is -0.463 e. The molecule has 1 saturated heterocycles. The van der Waals surface area contributed by atoms with E-state index in [0.717, 1.165) is 31.9 Å². The van der Waals surface area contributed by atoms with Gasteiger partial charge in [0.25, 0.3) is 0 Å². The van der Waals surface area contributed by atoms with Crippen LogP contribution in [0, 0.1) is 0 Å². The second-order valence-corrected chi connectivity index (χ2v) is 5.37. The minimum atomic E-state index is 0.429. The van der Waals surface area contributed by atoms with E-state index in [1.807, 2.05) is 6.92 Å². The van der Waals surface area contributed by atoms with Crippen molar-refractivity contribution in [2.45, 2.75) is 58.9 Å². The van der Waals surface area contributed by atoms with E-state index in [2.05, 4.69) is 39.0 Å². The highest BCUT2D eigenvalue weighted by Gasteiger charge is 2.24. The van der Waals surface area contributed by atoms with E-state index in [9.17, 15) is 0 Å². The van der Waals surface area contributed by atoms with E-state index in [1.165, 1.54) is 19.3 Å². The van der Waals surface area contributed by atoms with E-state index >= 15 is 0 Å². The van der Waals surface area contributed by atoms with Gasteiger partial charge in [-0.3, -0.25) is 0 Å². The SMILES string of the molecule is CCCOc1nc(NCC)nc(N2CCCCC2CC)n1. The van der Waals surface area contributed by atoms with Gasteiger partial charge in [0, 0.05) is 19.1 Å². The Morgan fingerprint density at radius 2 is 2.05 bits per heavy atom. The standard InChI is InChI=1S/C15H27N5O/c1-4-11-21-15-18-13(16-6-3)17-14(19-15)20-10-8-7-9-12(20)5-2/h12H,4-11H2,1-3H3,(H,16,17,18,19). The van der Waals surface area contributed by atoms with Crippen LogP contribution in [0.25, 0.3) is 0 Å². The molecule has 0 amide bonds. The normalized spacial score (nSPS) is 18.6. The Hall–Kier alpha value is -1.59. The first-order valence-corrected chi connectivity index (χ1v) is 8.17. The first-order valence-electron chi connectivity index (χ1n) is 8.17. The van der Waals surface area contributed by atoms with Crippen LogP contribution in [-0.2, 0) is 0 Å². The summed E-state index contributed by atoms with van der Waals surface area (Å²) in [5, 5.41) is 3.17. The van der Waals surface area contributed by atoms with Gasteiger partial charge < -0.3 is 15.0 Å². The number of piperidine rings is 1. The fourth-order valence-corrected chi connectivity index (χ4v) is 2.66. The first-order chi connectivity index (χ1) is 10.3. The van der Waals surface area contributed by atoms with Crippen molar-refractivity contribution in [1.29, 1.82) is 0 Å². The summed E-state index contributed by atoms with van der Waals surface area (Å²) in [5.74, 6) is 1.35. The van der Waals surface area contributed by atoms with E-state index in [-0.39, 0.29) is 0 Å². The number of hydrogen-bond acceptors (Lipinski definition) is 6. The van der Waals surface area contributed by atoms with Crippen LogP contribution in [0.5, 0.6) is 6.01 Å². The lowest BCUT2D eigenvalue weighted by molar-refractivity contribution is 0.291. The molecule has 0 bridgehead atoms. The lowest BCUT2D eigenvalue weighted by Crippen LogP contribution is -2.40. The molecule has 0 saturated carbocycles. The van der Waals surface area contributed by atoms with Crippen LogP contribution in [0.15, 0.2) is 0 Å². The molecule has 0 aromatic carbocycles. The maximum Gasteiger partial charge on any atom is 0.323 e. The van der Waals surface area contributed by atoms with Crippen molar-refractivity contribution in [3.8, 4) is 6.01 Å². The minimum absolute atomic E-state index is 0.429. The molecular weight excluding hydrogens is 266 g/mol. The summed E-state index contributed by atoms with van der Waals surface area (Å²) in [5.41, 5.74) is 0. The molecule has 6 heteroatoms. The van der Waals surface area contributed by atoms with Crippen LogP contribution >= 0.6 is 0 Å². The maximum atomic E-state index is 5.61. The van der Waals surface area contributed by atoms with Gasteiger partial charge in [0.2, 0.25) is 11.9 Å². The predicted octanol–water partition coefficient (Wildman–Crippen LogP) is 2.86. The molecule has 1 aliphatic rings. The first kappa shape index (κ1) is 15.8. The van der Waals surface area contributed by atoms with E-state index < -0.39 is 0 Å². The largest absolute Gasteiger partial charge is 0.463 e. The molecule has 1 aromatic heterocycles. The monoisotopic (exact) mass is 293 g/mol. The third kappa shape index (κ3) is 4.19. The number of anilines is 2. The summed E-state index contributed by atoms with van der Waals surface area (Å²) >= 11 is 0. The molecule has 6 nitrogen and oxygen atoms in total. The highest BCUT2D eigenvalue weighted by Crippen LogP contribution is 2.25. The van der Waals surface area contributed by atoms with Crippen LogP contribution in [0.2, 0.25) is 0 Å². The topological polar surface area (TPSA) is 63.2 Å². The number of nitrogens with one attached hydrogen (secondary N) is 1. The summed E-state index contributed by atoms with van der Waals surface area (Å²) in [7, 11) is 0. The van der Waals surface area contributed by atoms with Gasteiger partial charge in [0.15, 0.2) is 0 Å². The van der Waals surface area contributed by atoms with Gasteiger partial charge in [-0.05, 0) is 39.0 Å². The Labute approximate surface area is 127 Å². The zero-order valence-corrected chi connectivity index (χ0v) is 13.4. The van der Waals surface area contributed by atoms with Gasteiger partial charge in [0.05, 0.1) is 6.61 Å². The van der Waals surface area contributed by atoms with Crippen molar-refractivity contribution < 1.29 is 4.74 Å². The van der Waals surface area contributed by atoms with Crippen molar-refractivity contribution in [1.82, 2.24) is 15.0 Å². The van der Waals surface area contributed by atoms with Crippen molar-refractivity contribution in [3.63, 3.8) is 0 Å². The van der Waals surface area contributed by atoms with Crippen LogP contribution in [-0.4, -0.2) is 40.7 Å². The number of aromatic nitrogens is 3. The van der Waals surface area contributed by atoms with Crippen LogP contribution in [0.4, 0.5) is 11.9 Å². The Morgan fingerprint density at radius 1 is 1.19 bits per heavy atom. The zero-order chi connectivity index (χ0) is 15.1. The third-order valence-electron chi connectivity index (χ3n) is 3.73. The van der Waals surface area contributed by atoms with Crippen molar-refractivity contribution >= 4 is 11.9 Å². The molecule has 0 aliphatic carbocycles. The molecule has 21 heavy (non-hydrogen) atoms. The van der Waals surface area contributed by atoms with Gasteiger partial charge in [-0.25, -0.2) is 0 Å². The summed E-state index contributed by atoms with van der Waals surface area (Å²) in [4.78, 5) is 15.7. The second-order valence-electron chi connectivity index (χ2n) is 5.37. The predicted molar refractivity (Wildman–Crippen MR) is 85.1 cm³/mol. The third-order valence-corrected chi connectivity index (χ3v) is 3.73. The van der Waals surface area contributed by atoms with E-state index in [4.69, 9.17) is 4.74 Å². The van der Waals surface area contributed by atoms with Gasteiger partial charge in [-0.1, -0.05) is 13.8 Å². The fourth-order valence-electron chi connectivity index (χ4n) is 2.66. The molecule has 2 heterocycles. The van der Waals surface area contributed by atoms with E-state index in [1.54, 1.807) is 0 Å². The fraction of sp³-hybridized carbons (Fsp3) is 0.800. The summed E-state index contributed by atoms with van der Waals surface area (Å²) in [6, 6.07) is 0.952.